The number of methoxy groups -OCH3 is 1. The van der Waals surface area contributed by atoms with Gasteiger partial charge >= 0.3 is 5.97 Å². The van der Waals surface area contributed by atoms with Gasteiger partial charge in [0.2, 0.25) is 0 Å². The maximum absolute atomic E-state index is 10.6. The molecule has 6 nitrogen and oxygen atoms in total. The van der Waals surface area contributed by atoms with Gasteiger partial charge in [-0.15, -0.1) is 0 Å². The van der Waals surface area contributed by atoms with Crippen LogP contribution in [0.1, 0.15) is 6.92 Å². The van der Waals surface area contributed by atoms with E-state index in [1.54, 1.807) is 0 Å². The van der Waals surface area contributed by atoms with Gasteiger partial charge in [0, 0.05) is 19.0 Å². The number of nitrogens with one attached hydrogen (secondary N) is 1. The first-order valence-electron chi connectivity index (χ1n) is 5.70. The number of nitrogens with zero attached hydrogens (tertiary/aromatic N) is 1. The first-order chi connectivity index (χ1) is 7.97. The van der Waals surface area contributed by atoms with Crippen LogP contribution in [0, 0.1) is 5.92 Å². The summed E-state index contributed by atoms with van der Waals surface area (Å²) in [6.45, 7) is 6.64. The van der Waals surface area contributed by atoms with Crippen molar-refractivity contribution in [3.63, 3.8) is 0 Å². The second kappa shape index (κ2) is 8.03. The van der Waals surface area contributed by atoms with Gasteiger partial charge in [0.1, 0.15) is 0 Å². The van der Waals surface area contributed by atoms with Crippen LogP contribution in [0.5, 0.6) is 0 Å². The van der Waals surface area contributed by atoms with Gasteiger partial charge in [-0.3, -0.25) is 4.79 Å². The van der Waals surface area contributed by atoms with E-state index in [2.05, 4.69) is 17.0 Å². The van der Waals surface area contributed by atoms with Crippen molar-refractivity contribution in [1.82, 2.24) is 5.32 Å². The number of carboxylic acid groups (broad SMARTS) is 1. The van der Waals surface area contributed by atoms with Crippen LogP contribution in [0.3, 0.4) is 0 Å². The molecule has 0 radical (unpaired) electrons. The van der Waals surface area contributed by atoms with Crippen molar-refractivity contribution in [3.8, 4) is 0 Å². The van der Waals surface area contributed by atoms with Crippen LogP contribution in [0.15, 0.2) is 0 Å². The minimum Gasteiger partial charge on any atom is -0.477 e. The molecule has 0 spiro atoms. The Morgan fingerprint density at radius 2 is 2.12 bits per heavy atom. The first-order valence-corrected chi connectivity index (χ1v) is 5.70. The zero-order chi connectivity index (χ0) is 13.3. The highest BCUT2D eigenvalue weighted by molar-refractivity contribution is 5.67. The fourth-order valence-electron chi connectivity index (χ4n) is 1.73. The van der Waals surface area contributed by atoms with Crippen molar-refractivity contribution in [3.05, 3.63) is 0 Å². The number of quaternary nitrogens is 1. The van der Waals surface area contributed by atoms with Crippen LogP contribution in [-0.2, 0) is 14.3 Å². The third-order valence-corrected chi connectivity index (χ3v) is 2.94. The Bertz CT molecular complexity index is 244. The quantitative estimate of drug-likeness (QED) is 0.491. The van der Waals surface area contributed by atoms with E-state index in [0.717, 1.165) is 26.2 Å². The van der Waals surface area contributed by atoms with Crippen molar-refractivity contribution in [2.24, 2.45) is 5.92 Å². The highest BCUT2D eigenvalue weighted by Crippen LogP contribution is 2.11. The zero-order valence-electron chi connectivity index (χ0n) is 10.8. The van der Waals surface area contributed by atoms with Crippen LogP contribution in [-0.4, -0.2) is 68.9 Å². The maximum Gasteiger partial charge on any atom is 0.359 e. The molecule has 1 saturated heterocycles. The summed E-state index contributed by atoms with van der Waals surface area (Å²) in [5.74, 6) is -0.0269. The highest BCUT2D eigenvalue weighted by Gasteiger charge is 2.30. The monoisotopic (exact) mass is 247 g/mol. The number of hydrogen-bond acceptors (Lipinski definition) is 4. The first kappa shape index (κ1) is 15.9. The minimum absolute atomic E-state index is 0.243. The number of carbonyl (C=O) groups excluding carboxylic acids is 1. The molecule has 2 N–H and O–H groups in total. The van der Waals surface area contributed by atoms with E-state index in [0.29, 0.717) is 16.9 Å². The van der Waals surface area contributed by atoms with Crippen LogP contribution in [0.25, 0.3) is 0 Å². The molecule has 17 heavy (non-hydrogen) atoms. The predicted molar refractivity (Wildman–Crippen MR) is 63.5 cm³/mol. The smallest absolute Gasteiger partial charge is 0.359 e. The molecule has 1 aliphatic heterocycles. The number of carbonyl (C=O) groups is 2. The number of hydrogen-bond donors (Lipinski definition) is 2. The van der Waals surface area contributed by atoms with Crippen LogP contribution in [0.2, 0.25) is 0 Å². The van der Waals surface area contributed by atoms with Crippen LogP contribution < -0.4 is 5.32 Å². The van der Waals surface area contributed by atoms with E-state index >= 15 is 0 Å². The largest absolute Gasteiger partial charge is 0.477 e. The fraction of sp³-hybridized carbons (Fsp3) is 0.818. The van der Waals surface area contributed by atoms with Crippen LogP contribution >= 0.6 is 0 Å². The van der Waals surface area contributed by atoms with Crippen molar-refractivity contribution in [1.29, 1.82) is 0 Å². The third-order valence-electron chi connectivity index (χ3n) is 2.94. The summed E-state index contributed by atoms with van der Waals surface area (Å²) in [6.07, 6.45) is 0. The Kier molecular flexibility index (Phi) is 7.49. The Morgan fingerprint density at radius 1 is 1.59 bits per heavy atom. The van der Waals surface area contributed by atoms with Gasteiger partial charge in [0.05, 0.1) is 27.2 Å². The van der Waals surface area contributed by atoms with E-state index in [-0.39, 0.29) is 6.54 Å². The number of likely N-dealkylation sites (N-methyl/N-ethyl adjacent to an activating group) is 1. The van der Waals surface area contributed by atoms with E-state index < -0.39 is 5.97 Å². The lowest BCUT2D eigenvalue weighted by Gasteiger charge is -2.38. The minimum atomic E-state index is -0.698. The summed E-state index contributed by atoms with van der Waals surface area (Å²) in [5.41, 5.74) is 0. The second-order valence-corrected chi connectivity index (χ2v) is 4.53. The average Bonchev–Trinajstić information content (AvgIpc) is 2.23. The molecular weight excluding hydrogens is 224 g/mol. The summed E-state index contributed by atoms with van der Waals surface area (Å²) in [7, 11) is 3.33. The third kappa shape index (κ3) is 6.91. The molecule has 1 heterocycles. The van der Waals surface area contributed by atoms with Crippen molar-refractivity contribution >= 4 is 12.4 Å². The molecule has 0 aromatic rings. The molecule has 1 unspecified atom stereocenters. The molecule has 100 valence electrons. The average molecular weight is 247 g/mol. The molecule has 1 aliphatic rings. The second-order valence-electron chi connectivity index (χ2n) is 4.53. The summed E-state index contributed by atoms with van der Waals surface area (Å²) in [6, 6.07) is 0. The highest BCUT2D eigenvalue weighted by atomic mass is 16.5. The van der Waals surface area contributed by atoms with E-state index in [4.69, 9.17) is 9.90 Å². The topological polar surface area (TPSA) is 75.6 Å². The summed E-state index contributed by atoms with van der Waals surface area (Å²) < 4.78 is 4.52. The Labute approximate surface area is 102 Å². The molecule has 1 fully saturated rings. The van der Waals surface area contributed by atoms with E-state index in [9.17, 15) is 4.79 Å². The molecule has 1 atom stereocenters. The molecular formula is C11H23N2O4+. The van der Waals surface area contributed by atoms with Crippen molar-refractivity contribution in [2.75, 3.05) is 46.9 Å². The summed E-state index contributed by atoms with van der Waals surface area (Å²) >= 11 is 0. The lowest BCUT2D eigenvalue weighted by Crippen LogP contribution is -2.56. The SMILES string of the molecule is CC[N+](C)(CC(=O)O)CC1CNC1.COC=O. The Morgan fingerprint density at radius 3 is 2.35 bits per heavy atom. The fourth-order valence-corrected chi connectivity index (χ4v) is 1.73. The number of ether oxygens (including phenoxy) is 1. The molecule has 0 bridgehead atoms. The molecule has 0 aromatic heterocycles. The summed E-state index contributed by atoms with van der Waals surface area (Å²) in [4.78, 5) is 19.6. The summed E-state index contributed by atoms with van der Waals surface area (Å²) in [5, 5.41) is 12.0. The molecule has 6 heteroatoms. The number of carboxylic acids is 1. The Balaban J connectivity index is 0.000000557. The van der Waals surface area contributed by atoms with Crippen molar-refractivity contribution < 1.29 is 23.9 Å². The normalized spacial score (nSPS) is 18.1. The van der Waals surface area contributed by atoms with E-state index in [1.165, 1.54) is 7.11 Å². The van der Waals surface area contributed by atoms with Gasteiger partial charge < -0.3 is 19.6 Å². The predicted octanol–water partition coefficient (Wildman–Crippen LogP) is -0.454. The maximum atomic E-state index is 10.6. The van der Waals surface area contributed by atoms with Gasteiger partial charge in [0.15, 0.2) is 6.54 Å². The standard InChI is InChI=1S/C9H18N2O2.C2H4O2/c1-3-11(2,7-9(12)13)6-8-4-10-5-8;1-4-2-3/h8,10H,3-7H2,1-2H3;2H,1H3/p+1. The lowest BCUT2D eigenvalue weighted by molar-refractivity contribution is -0.904. The van der Waals surface area contributed by atoms with Gasteiger partial charge in [-0.05, 0) is 6.92 Å². The van der Waals surface area contributed by atoms with Gasteiger partial charge in [-0.1, -0.05) is 0 Å². The zero-order valence-corrected chi connectivity index (χ0v) is 10.8. The van der Waals surface area contributed by atoms with Gasteiger partial charge in [-0.25, -0.2) is 4.79 Å². The van der Waals surface area contributed by atoms with Crippen LogP contribution in [0.4, 0.5) is 0 Å². The molecule has 0 aromatic carbocycles. The number of rotatable bonds is 6. The van der Waals surface area contributed by atoms with Gasteiger partial charge in [0.25, 0.3) is 6.47 Å². The molecule has 0 saturated carbocycles. The van der Waals surface area contributed by atoms with E-state index in [1.807, 2.05) is 7.05 Å². The Hall–Kier alpha value is -1.14. The van der Waals surface area contributed by atoms with Crippen molar-refractivity contribution in [2.45, 2.75) is 6.92 Å². The number of aliphatic carboxylic acids is 1. The van der Waals surface area contributed by atoms with Gasteiger partial charge in [-0.2, -0.15) is 0 Å². The molecule has 0 amide bonds. The lowest BCUT2D eigenvalue weighted by atomic mass is 10.0. The molecule has 1 rings (SSSR count). The molecule has 0 aliphatic carbocycles.